The van der Waals surface area contributed by atoms with Crippen molar-refractivity contribution in [1.82, 2.24) is 0 Å². The van der Waals surface area contributed by atoms with Crippen molar-refractivity contribution >= 4 is 18.5 Å². The third kappa shape index (κ3) is 13.1. The van der Waals surface area contributed by atoms with E-state index in [1.54, 1.807) is 0 Å². The van der Waals surface area contributed by atoms with Crippen molar-refractivity contribution in [2.45, 2.75) is 57.5 Å². The van der Waals surface area contributed by atoms with Gasteiger partial charge < -0.3 is 29.2 Å². The van der Waals surface area contributed by atoms with Gasteiger partial charge in [-0.05, 0) is 20.8 Å². The highest BCUT2D eigenvalue weighted by molar-refractivity contribution is 5.60. The van der Waals surface area contributed by atoms with Crippen molar-refractivity contribution in [3.63, 3.8) is 0 Å². The molecule has 0 aliphatic rings. The second-order valence-corrected chi connectivity index (χ2v) is 4.81. The number of hydrogen-bond acceptors (Lipinski definition) is 7. The van der Waals surface area contributed by atoms with E-state index in [-0.39, 0.29) is 0 Å². The Kier molecular flexibility index (Phi) is 10.5. The molecule has 0 spiro atoms. The zero-order valence-corrected chi connectivity index (χ0v) is 14.5. The predicted octanol–water partition coefficient (Wildman–Crippen LogP) is 4.40. The largest absolute Gasteiger partial charge is 0.510 e. The van der Waals surface area contributed by atoms with E-state index >= 15 is 0 Å². The standard InChI is InChI=1S/C7H8F6O3.C5H6F2O6/c1-3(6(8,9)10)15-5(14)16-4(2)7(11,12)13;1-2(12-3(8)9)5(6,7)13-4(10)11/h3-4H,1-2H3;2H,1H3,(H,8,9)(H,10,11). The van der Waals surface area contributed by atoms with E-state index in [2.05, 4.69) is 18.9 Å². The van der Waals surface area contributed by atoms with E-state index < -0.39 is 55.2 Å². The minimum absolute atomic E-state index is 0.472. The highest BCUT2D eigenvalue weighted by atomic mass is 19.4. The second-order valence-electron chi connectivity index (χ2n) is 4.81. The number of hydrogen-bond donors (Lipinski definition) is 2. The van der Waals surface area contributed by atoms with E-state index in [1.165, 1.54) is 0 Å². The fourth-order valence-corrected chi connectivity index (χ4v) is 0.869. The van der Waals surface area contributed by atoms with Crippen LogP contribution in [0.3, 0.4) is 0 Å². The van der Waals surface area contributed by atoms with Gasteiger partial charge >= 0.3 is 36.9 Å². The van der Waals surface area contributed by atoms with E-state index in [9.17, 15) is 49.5 Å². The molecule has 0 aromatic heterocycles. The van der Waals surface area contributed by atoms with Gasteiger partial charge in [0.15, 0.2) is 12.2 Å². The van der Waals surface area contributed by atoms with Crippen LogP contribution in [0.25, 0.3) is 0 Å². The Bertz CT molecular complexity index is 537. The number of rotatable bonds is 5. The first-order valence-corrected chi connectivity index (χ1v) is 6.90. The molecule has 0 aliphatic carbocycles. The van der Waals surface area contributed by atoms with Gasteiger partial charge in [0.2, 0.25) is 6.10 Å². The van der Waals surface area contributed by atoms with Crippen molar-refractivity contribution in [3.05, 3.63) is 0 Å². The average molecular weight is 454 g/mol. The lowest BCUT2D eigenvalue weighted by Gasteiger charge is -2.19. The van der Waals surface area contributed by atoms with Crippen LogP contribution < -0.4 is 0 Å². The number of alkyl halides is 8. The van der Waals surface area contributed by atoms with Crippen molar-refractivity contribution in [3.8, 4) is 0 Å². The van der Waals surface area contributed by atoms with Crippen LogP contribution in [-0.4, -0.2) is 65.5 Å². The Balaban J connectivity index is 0. The summed E-state index contributed by atoms with van der Waals surface area (Å²) in [5, 5.41) is 15.7. The summed E-state index contributed by atoms with van der Waals surface area (Å²) in [7, 11) is 0. The normalized spacial score (nSPS) is 15.0. The Hall–Kier alpha value is -2.75. The molecule has 9 nitrogen and oxygen atoms in total. The molecular formula is C12H14F8O9. The number of halogens is 8. The molecule has 0 aromatic rings. The average Bonchev–Trinajstić information content (AvgIpc) is 2.43. The van der Waals surface area contributed by atoms with Gasteiger partial charge in [0.1, 0.15) is 0 Å². The van der Waals surface area contributed by atoms with Crippen LogP contribution in [0.4, 0.5) is 49.5 Å². The summed E-state index contributed by atoms with van der Waals surface area (Å²) in [5.74, 6) is 0. The molecule has 17 heteroatoms. The monoisotopic (exact) mass is 454 g/mol. The fourth-order valence-electron chi connectivity index (χ4n) is 0.869. The molecule has 0 aliphatic heterocycles. The summed E-state index contributed by atoms with van der Waals surface area (Å²) in [4.78, 5) is 30.0. The lowest BCUT2D eigenvalue weighted by molar-refractivity contribution is -0.259. The number of carbonyl (C=O) groups is 3. The highest BCUT2D eigenvalue weighted by Gasteiger charge is 2.44. The van der Waals surface area contributed by atoms with Crippen molar-refractivity contribution in [2.24, 2.45) is 0 Å². The smallest absolute Gasteiger partial charge is 0.450 e. The van der Waals surface area contributed by atoms with Crippen LogP contribution in [-0.2, 0) is 18.9 Å². The SMILES string of the molecule is CC(OC(=O)O)C(F)(F)OC(=O)O.CC(OC(=O)OC(C)C(F)(F)F)C(F)(F)F. The van der Waals surface area contributed by atoms with Crippen LogP contribution in [0.15, 0.2) is 0 Å². The van der Waals surface area contributed by atoms with Gasteiger partial charge in [-0.3, -0.25) is 0 Å². The van der Waals surface area contributed by atoms with Crippen molar-refractivity contribution in [1.29, 1.82) is 0 Å². The summed E-state index contributed by atoms with van der Waals surface area (Å²) in [5.41, 5.74) is 0. The maximum Gasteiger partial charge on any atom is 0.510 e. The van der Waals surface area contributed by atoms with Gasteiger partial charge in [0.25, 0.3) is 0 Å². The molecule has 2 N–H and O–H groups in total. The Labute approximate surface area is 156 Å². The topological polar surface area (TPSA) is 129 Å². The minimum atomic E-state index is -4.85. The summed E-state index contributed by atoms with van der Waals surface area (Å²) in [6.45, 7) is 1.61. The summed E-state index contributed by atoms with van der Waals surface area (Å²) in [6.07, 6.45) is -27.3. The van der Waals surface area contributed by atoms with E-state index in [0.29, 0.717) is 20.8 Å². The van der Waals surface area contributed by atoms with Gasteiger partial charge in [0, 0.05) is 0 Å². The van der Waals surface area contributed by atoms with Crippen LogP contribution in [0.1, 0.15) is 20.8 Å². The lowest BCUT2D eigenvalue weighted by atomic mass is 10.4. The molecule has 0 radical (unpaired) electrons. The summed E-state index contributed by atoms with van der Waals surface area (Å²) in [6, 6.07) is 0. The minimum Gasteiger partial charge on any atom is -0.450 e. The van der Waals surface area contributed by atoms with Crippen LogP contribution in [0, 0.1) is 0 Å². The number of carboxylic acid groups (broad SMARTS) is 2. The molecule has 0 saturated heterocycles. The fraction of sp³-hybridized carbons (Fsp3) is 0.750. The summed E-state index contributed by atoms with van der Waals surface area (Å²) >= 11 is 0. The van der Waals surface area contributed by atoms with Crippen LogP contribution in [0.2, 0.25) is 0 Å². The maximum atomic E-state index is 12.4. The zero-order chi connectivity index (χ0) is 23.8. The van der Waals surface area contributed by atoms with Crippen molar-refractivity contribution in [2.75, 3.05) is 0 Å². The molecule has 0 aromatic carbocycles. The Morgan fingerprint density at radius 2 is 1.00 bits per heavy atom. The predicted molar refractivity (Wildman–Crippen MR) is 71.2 cm³/mol. The first-order chi connectivity index (χ1) is 12.7. The quantitative estimate of drug-likeness (QED) is 0.353. The molecule has 3 unspecified atom stereocenters. The molecular weight excluding hydrogens is 440 g/mol. The molecule has 0 amide bonds. The highest BCUT2D eigenvalue weighted by Crippen LogP contribution is 2.25. The molecule has 0 fully saturated rings. The maximum absolute atomic E-state index is 12.4. The molecule has 0 bridgehead atoms. The lowest BCUT2D eigenvalue weighted by Crippen LogP contribution is -2.38. The summed E-state index contributed by atoms with van der Waals surface area (Å²) < 4.78 is 110. The third-order valence-electron chi connectivity index (χ3n) is 2.44. The Morgan fingerprint density at radius 1 is 0.655 bits per heavy atom. The molecule has 0 heterocycles. The van der Waals surface area contributed by atoms with Gasteiger partial charge in [-0.25, -0.2) is 14.4 Å². The molecule has 29 heavy (non-hydrogen) atoms. The van der Waals surface area contributed by atoms with Crippen molar-refractivity contribution < 1.29 is 78.7 Å². The van der Waals surface area contributed by atoms with E-state index in [4.69, 9.17) is 10.2 Å². The first-order valence-electron chi connectivity index (χ1n) is 6.90. The number of ether oxygens (including phenoxy) is 4. The first kappa shape index (κ1) is 28.5. The Morgan fingerprint density at radius 3 is 1.24 bits per heavy atom. The molecule has 0 rings (SSSR count). The molecule has 3 atom stereocenters. The molecule has 172 valence electrons. The van der Waals surface area contributed by atoms with E-state index in [0.717, 1.165) is 0 Å². The molecule has 0 saturated carbocycles. The second kappa shape index (κ2) is 10.7. The van der Waals surface area contributed by atoms with Gasteiger partial charge in [0.05, 0.1) is 0 Å². The van der Waals surface area contributed by atoms with Crippen LogP contribution >= 0.6 is 0 Å². The van der Waals surface area contributed by atoms with Gasteiger partial charge in [-0.2, -0.15) is 35.1 Å². The number of carbonyl (C=O) groups excluding carboxylic acids is 1. The zero-order valence-electron chi connectivity index (χ0n) is 14.5. The third-order valence-corrected chi connectivity index (χ3v) is 2.44. The van der Waals surface area contributed by atoms with Crippen LogP contribution in [0.5, 0.6) is 0 Å². The van der Waals surface area contributed by atoms with Gasteiger partial charge in [-0.1, -0.05) is 0 Å². The van der Waals surface area contributed by atoms with E-state index in [1.807, 2.05) is 0 Å². The van der Waals surface area contributed by atoms with Gasteiger partial charge in [-0.15, -0.1) is 0 Å².